The average molecular weight is 188 g/mol. The van der Waals surface area contributed by atoms with Crippen LogP contribution >= 0.6 is 0 Å². The van der Waals surface area contributed by atoms with Gasteiger partial charge in [-0.25, -0.2) is 0 Å². The van der Waals surface area contributed by atoms with Gasteiger partial charge in [0.15, 0.2) is 19.8 Å². The minimum absolute atomic E-state index is 0. The Hall–Kier alpha value is 0.799. The van der Waals surface area contributed by atoms with Gasteiger partial charge in [-0.05, 0) is 0 Å². The van der Waals surface area contributed by atoms with Crippen molar-refractivity contribution in [2.75, 3.05) is 0 Å². The quantitative estimate of drug-likeness (QED) is 0.392. The second kappa shape index (κ2) is 839. The van der Waals surface area contributed by atoms with E-state index in [2.05, 4.69) is 0 Å². The number of hydrogen-bond acceptors (Lipinski definition) is 2. The molecule has 0 aliphatic heterocycles. The summed E-state index contributed by atoms with van der Waals surface area (Å²) in [4.78, 5) is 13.8. The van der Waals surface area contributed by atoms with Crippen LogP contribution in [0.3, 0.4) is 0 Å². The van der Waals surface area contributed by atoms with Gasteiger partial charge in [0.25, 0.3) is 0 Å². The van der Waals surface area contributed by atoms with Crippen molar-refractivity contribution in [3.8, 4) is 0 Å². The van der Waals surface area contributed by atoms with Gasteiger partial charge in [-0.3, -0.25) is 9.77 Å². The Labute approximate surface area is 80.7 Å². The van der Waals surface area contributed by atoms with Gasteiger partial charge in [0, 0.05) is 0 Å². The van der Waals surface area contributed by atoms with E-state index in [-0.39, 0.29) is 51.2 Å². The van der Waals surface area contributed by atoms with Crippen LogP contribution in [0.1, 0.15) is 0 Å². The summed E-state index contributed by atoms with van der Waals surface area (Å²) in [6, 6.07) is 0. The second-order valence-corrected chi connectivity index (χ2v) is 0. The summed E-state index contributed by atoms with van der Waals surface area (Å²) >= 11 is 0. The van der Waals surface area contributed by atoms with Crippen molar-refractivity contribution in [1.82, 2.24) is 0 Å². The van der Waals surface area contributed by atoms with Gasteiger partial charge in [0.1, 0.15) is 0 Å². The molecule has 0 atom stereocenters. The van der Waals surface area contributed by atoms with Gasteiger partial charge in [-0.1, -0.05) is 0 Å². The molecule has 0 radical (unpaired) electrons. The molecule has 0 aromatic rings. The minimum Gasteiger partial charge on any atom is -2.00 e. The fourth-order valence-electron chi connectivity index (χ4n) is 0. The predicted octanol–water partition coefficient (Wildman–Crippen LogP) is -2.38. The topological polar surface area (TPSA) is 133 Å². The summed E-state index contributed by atoms with van der Waals surface area (Å²) in [5, 5.41) is 0. The number of hydrogen-bond donors (Lipinski definition) is 0. The number of nitrogens with zero attached hydrogens (tertiary/aromatic N) is 2. The fraction of sp³-hybridized carbons (Fsp3) is 0. The molecule has 0 spiro atoms. The molecule has 0 N–H and O–H groups in total. The van der Waals surface area contributed by atoms with Crippen molar-refractivity contribution >= 4 is 54.5 Å². The van der Waals surface area contributed by atoms with E-state index in [0.29, 0.717) is 0 Å². The zero-order valence-electron chi connectivity index (χ0n) is 4.43. The molecule has 0 bridgehead atoms. The van der Waals surface area contributed by atoms with Gasteiger partial charge in [-0.2, -0.15) is 0 Å². The third-order valence-electron chi connectivity index (χ3n) is 0. The van der Waals surface area contributed by atoms with E-state index in [1.807, 2.05) is 0 Å². The van der Waals surface area contributed by atoms with Crippen LogP contribution in [0.25, 0.3) is 0 Å². The maximum absolute atomic E-state index is 6.92. The standard InChI is InChI=1S/2Al.2HNSi.3O/c;;2*1-2;;;/h;;2*2H;;;/q2*+3;;;3*-2. The SMILES string of the molecule is N#[SiH].N#[SiH].[Al+3].[Al+3].[O-2].[O-2].[O-2]. The van der Waals surface area contributed by atoms with Crippen LogP contribution in [0.15, 0.2) is 0 Å². The van der Waals surface area contributed by atoms with Crippen molar-refractivity contribution in [3.05, 3.63) is 0 Å². The molecule has 0 fully saturated rings. The molecule has 5 nitrogen and oxygen atoms in total. The molecule has 0 unspecified atom stereocenters. The van der Waals surface area contributed by atoms with Gasteiger partial charge in [0.05, 0.1) is 0 Å². The van der Waals surface area contributed by atoms with E-state index in [1.54, 1.807) is 0 Å². The van der Waals surface area contributed by atoms with Crippen molar-refractivity contribution < 1.29 is 16.4 Å². The van der Waals surface area contributed by atoms with E-state index in [1.165, 1.54) is 19.8 Å². The summed E-state index contributed by atoms with van der Waals surface area (Å²) in [6.45, 7) is 0. The van der Waals surface area contributed by atoms with Gasteiger partial charge < -0.3 is 16.4 Å². The Morgan fingerprint density at radius 1 is 0.556 bits per heavy atom. The molecule has 0 saturated carbocycles. The predicted molar refractivity (Wildman–Crippen MR) is 31.3 cm³/mol. The first-order valence-electron chi connectivity index (χ1n) is 0.516. The van der Waals surface area contributed by atoms with E-state index in [0.717, 1.165) is 0 Å². The second-order valence-electron chi connectivity index (χ2n) is 0. The molecule has 0 amide bonds. The Morgan fingerprint density at radius 2 is 0.556 bits per heavy atom. The largest absolute Gasteiger partial charge is 3.00 e. The molecule has 0 aromatic heterocycles. The molecule has 0 heterocycles. The minimum atomic E-state index is 0. The van der Waals surface area contributed by atoms with E-state index in [9.17, 15) is 0 Å². The summed E-state index contributed by atoms with van der Waals surface area (Å²) in [5.74, 6) is 0. The molecule has 0 aliphatic carbocycles. The molecule has 9 heavy (non-hydrogen) atoms. The molecular formula is H2Al2N2O3Si2. The normalized spacial score (nSPS) is 0.444. The molecule has 0 rings (SSSR count). The maximum Gasteiger partial charge on any atom is 3.00 e. The van der Waals surface area contributed by atoms with Crippen molar-refractivity contribution in [2.24, 2.45) is 0 Å². The maximum atomic E-state index is 6.92. The van der Waals surface area contributed by atoms with E-state index in [4.69, 9.17) is 9.77 Å². The fourth-order valence-corrected chi connectivity index (χ4v) is 0. The Morgan fingerprint density at radius 3 is 0.556 bits per heavy atom. The van der Waals surface area contributed by atoms with E-state index < -0.39 is 0 Å². The van der Waals surface area contributed by atoms with Crippen LogP contribution in [0.5, 0.6) is 0 Å². The van der Waals surface area contributed by atoms with Gasteiger partial charge in [-0.15, -0.1) is 0 Å². The van der Waals surface area contributed by atoms with Crippen molar-refractivity contribution in [1.29, 1.82) is 9.77 Å². The summed E-state index contributed by atoms with van der Waals surface area (Å²) in [5.41, 5.74) is 0. The smallest absolute Gasteiger partial charge is 2.00 e. The first-order valence-corrected chi connectivity index (χ1v) is 1.55. The Balaban J connectivity index is -0.00000000114. The van der Waals surface area contributed by atoms with Crippen LogP contribution < -0.4 is 0 Å². The first kappa shape index (κ1) is 96.8. The van der Waals surface area contributed by atoms with Crippen LogP contribution in [-0.2, 0) is 16.4 Å². The third-order valence-corrected chi connectivity index (χ3v) is 0. The van der Waals surface area contributed by atoms with Crippen LogP contribution in [0, 0.1) is 9.77 Å². The zero-order valence-corrected chi connectivity index (χ0v) is 9.05. The Bertz CT molecular complexity index is 33.3. The summed E-state index contributed by atoms with van der Waals surface area (Å²) < 4.78 is 0. The summed E-state index contributed by atoms with van der Waals surface area (Å²) in [7, 11) is 2.83. The van der Waals surface area contributed by atoms with Gasteiger partial charge in [0.2, 0.25) is 0 Å². The monoisotopic (exact) mass is 188 g/mol. The molecule has 0 aromatic carbocycles. The molecule has 9 heteroatoms. The molecule has 44 valence electrons. The molecular weight excluding hydrogens is 186 g/mol. The van der Waals surface area contributed by atoms with Gasteiger partial charge >= 0.3 is 34.7 Å². The van der Waals surface area contributed by atoms with E-state index >= 15 is 0 Å². The molecule has 0 aliphatic rings. The average Bonchev–Trinajstić information content (AvgIpc) is 1.50. The molecule has 0 saturated heterocycles. The van der Waals surface area contributed by atoms with Crippen LogP contribution in [0.2, 0.25) is 0 Å². The Kier molecular flexibility index (Phi) is 9030. The van der Waals surface area contributed by atoms with Crippen LogP contribution in [0.4, 0.5) is 0 Å². The third kappa shape index (κ3) is 638. The van der Waals surface area contributed by atoms with Crippen molar-refractivity contribution in [2.45, 2.75) is 0 Å². The zero-order chi connectivity index (χ0) is 4.00. The van der Waals surface area contributed by atoms with Crippen molar-refractivity contribution in [3.63, 3.8) is 0 Å². The number of rotatable bonds is 0. The van der Waals surface area contributed by atoms with Crippen LogP contribution in [-0.4, -0.2) is 54.5 Å². The first-order chi connectivity index (χ1) is 2.00. The summed E-state index contributed by atoms with van der Waals surface area (Å²) in [6.07, 6.45) is 0.